The molecular formula is C17H32N2O. The predicted octanol–water partition coefficient (Wildman–Crippen LogP) is 3.53. The maximum absolute atomic E-state index is 6.07. The van der Waals surface area contributed by atoms with Gasteiger partial charge in [-0.25, -0.2) is 0 Å². The van der Waals surface area contributed by atoms with E-state index in [1.165, 1.54) is 77.0 Å². The predicted molar refractivity (Wildman–Crippen MR) is 82.2 cm³/mol. The molecule has 3 N–H and O–H groups in total. The number of hydrogen-bond donors (Lipinski definition) is 2. The van der Waals surface area contributed by atoms with E-state index in [1.807, 2.05) is 0 Å². The number of hydrazine groups is 1. The standard InChI is InChI=1S/C17H32N2O/c18-19-16(12-14-6-3-1-2-4-7-14)15-8-11-20-17(13-15)9-5-10-17/h14-16,19H,1-13,18H2. The first-order valence-electron chi connectivity index (χ1n) is 8.91. The maximum atomic E-state index is 6.07. The lowest BCUT2D eigenvalue weighted by Crippen LogP contribution is -2.52. The van der Waals surface area contributed by atoms with Gasteiger partial charge in [0.05, 0.1) is 5.60 Å². The van der Waals surface area contributed by atoms with Crippen LogP contribution in [0.2, 0.25) is 0 Å². The van der Waals surface area contributed by atoms with E-state index in [1.54, 1.807) is 0 Å². The molecule has 3 fully saturated rings. The molecule has 3 heteroatoms. The number of nitrogens with one attached hydrogen (secondary N) is 1. The monoisotopic (exact) mass is 280 g/mol. The van der Waals surface area contributed by atoms with E-state index in [9.17, 15) is 0 Å². The number of hydrogen-bond acceptors (Lipinski definition) is 3. The molecule has 0 radical (unpaired) electrons. The summed E-state index contributed by atoms with van der Waals surface area (Å²) in [6.07, 6.45) is 16.2. The van der Waals surface area contributed by atoms with Crippen molar-refractivity contribution in [2.24, 2.45) is 17.7 Å². The second-order valence-electron chi connectivity index (χ2n) is 7.50. The van der Waals surface area contributed by atoms with E-state index in [0.717, 1.165) is 18.4 Å². The summed E-state index contributed by atoms with van der Waals surface area (Å²) < 4.78 is 6.07. The molecule has 0 aromatic carbocycles. The fourth-order valence-electron chi connectivity index (χ4n) is 4.68. The van der Waals surface area contributed by atoms with Gasteiger partial charge in [0.2, 0.25) is 0 Å². The van der Waals surface area contributed by atoms with Gasteiger partial charge in [0, 0.05) is 12.6 Å². The molecule has 0 aromatic heterocycles. The van der Waals surface area contributed by atoms with Crippen LogP contribution in [0.25, 0.3) is 0 Å². The molecule has 3 aliphatic rings. The van der Waals surface area contributed by atoms with Gasteiger partial charge in [0.25, 0.3) is 0 Å². The zero-order chi connectivity index (χ0) is 13.8. The third-order valence-corrected chi connectivity index (χ3v) is 6.14. The van der Waals surface area contributed by atoms with Crippen LogP contribution in [0.5, 0.6) is 0 Å². The van der Waals surface area contributed by atoms with Crippen LogP contribution in [0.4, 0.5) is 0 Å². The van der Waals surface area contributed by atoms with Crippen molar-refractivity contribution >= 4 is 0 Å². The zero-order valence-corrected chi connectivity index (χ0v) is 12.9. The Morgan fingerprint density at radius 3 is 2.40 bits per heavy atom. The molecule has 116 valence electrons. The van der Waals surface area contributed by atoms with Crippen LogP contribution in [0, 0.1) is 11.8 Å². The SMILES string of the molecule is NNC(CC1CCCCCC1)C1CCOC2(CCC2)C1. The summed E-state index contributed by atoms with van der Waals surface area (Å²) in [6, 6.07) is 0.513. The second kappa shape index (κ2) is 6.76. The summed E-state index contributed by atoms with van der Waals surface area (Å²) >= 11 is 0. The summed E-state index contributed by atoms with van der Waals surface area (Å²) in [5.41, 5.74) is 3.42. The molecule has 1 spiro atoms. The Morgan fingerprint density at radius 1 is 1.05 bits per heavy atom. The smallest absolute Gasteiger partial charge is 0.0685 e. The van der Waals surface area contributed by atoms with E-state index >= 15 is 0 Å². The van der Waals surface area contributed by atoms with Crippen molar-refractivity contribution in [1.82, 2.24) is 5.43 Å². The van der Waals surface area contributed by atoms with Crippen LogP contribution in [0.15, 0.2) is 0 Å². The first kappa shape index (κ1) is 14.8. The van der Waals surface area contributed by atoms with Crippen molar-refractivity contribution < 1.29 is 4.74 Å². The molecule has 1 aliphatic heterocycles. The molecular weight excluding hydrogens is 248 g/mol. The Labute approximate surface area is 124 Å². The number of ether oxygens (including phenoxy) is 1. The lowest BCUT2D eigenvalue weighted by molar-refractivity contribution is -0.147. The minimum atomic E-state index is 0.251. The Hall–Kier alpha value is -0.120. The van der Waals surface area contributed by atoms with Crippen molar-refractivity contribution in [3.8, 4) is 0 Å². The van der Waals surface area contributed by atoms with Gasteiger partial charge in [-0.15, -0.1) is 0 Å². The first-order chi connectivity index (χ1) is 9.81. The van der Waals surface area contributed by atoms with E-state index in [0.29, 0.717) is 6.04 Å². The largest absolute Gasteiger partial charge is 0.375 e. The lowest BCUT2D eigenvalue weighted by atomic mass is 9.69. The minimum Gasteiger partial charge on any atom is -0.375 e. The fraction of sp³-hybridized carbons (Fsp3) is 1.00. The quantitative estimate of drug-likeness (QED) is 0.470. The molecule has 0 bridgehead atoms. The summed E-state index contributed by atoms with van der Waals surface area (Å²) in [5, 5.41) is 0. The molecule has 2 aliphatic carbocycles. The van der Waals surface area contributed by atoms with Gasteiger partial charge in [0.15, 0.2) is 0 Å². The fourth-order valence-corrected chi connectivity index (χ4v) is 4.68. The molecule has 1 heterocycles. The molecule has 2 atom stereocenters. The third-order valence-electron chi connectivity index (χ3n) is 6.14. The van der Waals surface area contributed by atoms with Crippen molar-refractivity contribution in [3.05, 3.63) is 0 Å². The third kappa shape index (κ3) is 3.37. The van der Waals surface area contributed by atoms with Gasteiger partial charge in [-0.1, -0.05) is 38.5 Å². The van der Waals surface area contributed by atoms with E-state index in [4.69, 9.17) is 10.6 Å². The topological polar surface area (TPSA) is 47.3 Å². The zero-order valence-electron chi connectivity index (χ0n) is 12.9. The summed E-state index contributed by atoms with van der Waals surface area (Å²) in [4.78, 5) is 0. The molecule has 1 saturated heterocycles. The highest BCUT2D eigenvalue weighted by molar-refractivity contribution is 4.96. The highest BCUT2D eigenvalue weighted by Gasteiger charge is 2.44. The summed E-state index contributed by atoms with van der Waals surface area (Å²) in [6.45, 7) is 0.952. The van der Waals surface area contributed by atoms with Crippen LogP contribution in [-0.2, 0) is 4.74 Å². The van der Waals surface area contributed by atoms with Gasteiger partial charge < -0.3 is 4.74 Å². The van der Waals surface area contributed by atoms with Crippen molar-refractivity contribution in [1.29, 1.82) is 0 Å². The molecule has 20 heavy (non-hydrogen) atoms. The Morgan fingerprint density at radius 2 is 1.80 bits per heavy atom. The van der Waals surface area contributed by atoms with Gasteiger partial charge in [-0.3, -0.25) is 11.3 Å². The molecule has 2 saturated carbocycles. The van der Waals surface area contributed by atoms with Crippen LogP contribution in [0.1, 0.15) is 77.0 Å². The molecule has 3 nitrogen and oxygen atoms in total. The molecule has 0 aromatic rings. The second-order valence-corrected chi connectivity index (χ2v) is 7.50. The molecule has 3 rings (SSSR count). The lowest BCUT2D eigenvalue weighted by Gasteiger charge is -2.49. The van der Waals surface area contributed by atoms with Gasteiger partial charge in [-0.05, 0) is 50.4 Å². The van der Waals surface area contributed by atoms with Crippen LogP contribution in [-0.4, -0.2) is 18.2 Å². The average Bonchev–Trinajstić information content (AvgIpc) is 2.72. The normalized spacial score (nSPS) is 32.5. The Bertz CT molecular complexity index is 295. The summed E-state index contributed by atoms with van der Waals surface area (Å²) in [5.74, 6) is 7.55. The van der Waals surface area contributed by atoms with E-state index in [-0.39, 0.29) is 5.60 Å². The number of nitrogens with two attached hydrogens (primary N) is 1. The average molecular weight is 280 g/mol. The van der Waals surface area contributed by atoms with Crippen LogP contribution < -0.4 is 11.3 Å². The minimum absolute atomic E-state index is 0.251. The van der Waals surface area contributed by atoms with Gasteiger partial charge in [0.1, 0.15) is 0 Å². The van der Waals surface area contributed by atoms with Crippen LogP contribution in [0.3, 0.4) is 0 Å². The van der Waals surface area contributed by atoms with Gasteiger partial charge >= 0.3 is 0 Å². The molecule has 0 amide bonds. The maximum Gasteiger partial charge on any atom is 0.0685 e. The van der Waals surface area contributed by atoms with Crippen molar-refractivity contribution in [2.45, 2.75) is 88.7 Å². The van der Waals surface area contributed by atoms with Crippen molar-refractivity contribution in [2.75, 3.05) is 6.61 Å². The summed E-state index contributed by atoms with van der Waals surface area (Å²) in [7, 11) is 0. The number of rotatable bonds is 4. The van der Waals surface area contributed by atoms with E-state index in [2.05, 4.69) is 5.43 Å². The molecule has 2 unspecified atom stereocenters. The Kier molecular flexibility index (Phi) is 5.00. The van der Waals surface area contributed by atoms with Crippen molar-refractivity contribution in [3.63, 3.8) is 0 Å². The van der Waals surface area contributed by atoms with E-state index < -0.39 is 0 Å². The highest BCUT2D eigenvalue weighted by atomic mass is 16.5. The van der Waals surface area contributed by atoms with Gasteiger partial charge in [-0.2, -0.15) is 0 Å². The first-order valence-corrected chi connectivity index (χ1v) is 8.91. The Balaban J connectivity index is 1.54. The van der Waals surface area contributed by atoms with Crippen LogP contribution >= 0.6 is 0 Å². The highest BCUT2D eigenvalue weighted by Crippen LogP contribution is 2.45.